The minimum atomic E-state index is -0.654. The smallest absolute Gasteiger partial charge is 0.277 e. The number of fused-ring (bicyclic) bond motifs is 1. The third-order valence-corrected chi connectivity index (χ3v) is 5.13. The number of halogens is 1. The lowest BCUT2D eigenvalue weighted by molar-refractivity contribution is 0.569. The zero-order chi connectivity index (χ0) is 16.5. The van der Waals surface area contributed by atoms with Crippen LogP contribution in [-0.2, 0) is 4.79 Å². The Morgan fingerprint density at radius 3 is 2.96 bits per heavy atom. The summed E-state index contributed by atoms with van der Waals surface area (Å²) in [4.78, 5) is 19.6. The predicted molar refractivity (Wildman–Crippen MR) is 96.5 cm³/mol. The summed E-state index contributed by atoms with van der Waals surface area (Å²) in [7, 11) is -0.654. The average molecular weight is 357 g/mol. The number of H-pyrrole nitrogens is 1. The van der Waals surface area contributed by atoms with Crippen molar-refractivity contribution in [1.82, 2.24) is 20.2 Å². The van der Waals surface area contributed by atoms with Gasteiger partial charge in [-0.2, -0.15) is 10.1 Å². The van der Waals surface area contributed by atoms with Crippen molar-refractivity contribution in [2.45, 2.75) is 0 Å². The molecule has 0 aliphatic rings. The van der Waals surface area contributed by atoms with Gasteiger partial charge in [-0.1, -0.05) is 17.7 Å². The molecule has 1 aromatic carbocycles. The van der Waals surface area contributed by atoms with Gasteiger partial charge in [-0.3, -0.25) is 15.4 Å². The number of nitrogens with zero attached hydrogens (tertiary/aromatic N) is 3. The van der Waals surface area contributed by atoms with Crippen LogP contribution in [-0.4, -0.2) is 25.8 Å². The van der Waals surface area contributed by atoms with Crippen molar-refractivity contribution in [2.24, 2.45) is 0 Å². The van der Waals surface area contributed by atoms with Crippen molar-refractivity contribution < 1.29 is 4.79 Å². The molecule has 2 N–H and O–H groups in total. The number of nitrogens with one attached hydrogen (secondary N) is 2. The van der Waals surface area contributed by atoms with Gasteiger partial charge in [0, 0.05) is 17.1 Å². The van der Waals surface area contributed by atoms with Crippen molar-refractivity contribution in [3.05, 3.63) is 53.1 Å². The normalized spacial score (nSPS) is 11.6. The molecule has 1 unspecified atom stereocenters. The number of hydrogen-bond acceptors (Lipinski definition) is 5. The Morgan fingerprint density at radius 1 is 1.21 bits per heavy atom. The van der Waals surface area contributed by atoms with Gasteiger partial charge in [-0.15, -0.1) is 0 Å². The van der Waals surface area contributed by atoms with Gasteiger partial charge in [0.1, 0.15) is 0 Å². The van der Waals surface area contributed by atoms with Gasteiger partial charge in [0.25, 0.3) is 0 Å². The summed E-state index contributed by atoms with van der Waals surface area (Å²) < 4.78 is 0. The van der Waals surface area contributed by atoms with Gasteiger partial charge in [0.15, 0.2) is 11.2 Å². The average Bonchev–Trinajstić information content (AvgIpc) is 3.22. The van der Waals surface area contributed by atoms with Crippen molar-refractivity contribution in [3.63, 3.8) is 0 Å². The van der Waals surface area contributed by atoms with Crippen molar-refractivity contribution >= 4 is 49.5 Å². The van der Waals surface area contributed by atoms with E-state index in [-0.39, 0.29) is 0 Å². The molecule has 0 radical (unpaired) electrons. The van der Waals surface area contributed by atoms with Gasteiger partial charge >= 0.3 is 10.7 Å². The van der Waals surface area contributed by atoms with Crippen LogP contribution < -0.4 is 5.32 Å². The molecule has 3 aromatic heterocycles. The van der Waals surface area contributed by atoms with E-state index in [1.165, 1.54) is 0 Å². The van der Waals surface area contributed by atoms with E-state index in [4.69, 9.17) is 11.6 Å². The number of carbonyl (C=O) groups excluding carboxylic acids is 1. The van der Waals surface area contributed by atoms with Crippen LogP contribution in [0, 0.1) is 0 Å². The second-order valence-corrected chi connectivity index (χ2v) is 6.98. The summed E-state index contributed by atoms with van der Waals surface area (Å²) in [6.07, 6.45) is 3.32. The second-order valence-electron chi connectivity index (χ2n) is 4.98. The molecule has 24 heavy (non-hydrogen) atoms. The summed E-state index contributed by atoms with van der Waals surface area (Å²) in [6.45, 7) is 0. The highest BCUT2D eigenvalue weighted by molar-refractivity contribution is 7.49. The van der Waals surface area contributed by atoms with E-state index in [2.05, 4.69) is 25.5 Å². The fourth-order valence-corrected chi connectivity index (χ4v) is 3.52. The number of aromatic amines is 1. The molecule has 0 amide bonds. The van der Waals surface area contributed by atoms with Crippen molar-refractivity contribution in [1.29, 1.82) is 0 Å². The molecule has 4 rings (SSSR count). The highest BCUT2D eigenvalue weighted by Crippen LogP contribution is 2.33. The number of pyridine rings is 1. The number of carbonyl (C=O) groups is 1. The minimum absolute atomic E-state index is 0.583. The summed E-state index contributed by atoms with van der Waals surface area (Å²) in [5, 5.41) is 14.2. The predicted octanol–water partition coefficient (Wildman–Crippen LogP) is 4.20. The van der Waals surface area contributed by atoms with E-state index in [1.54, 1.807) is 29.9 Å². The van der Waals surface area contributed by atoms with Crippen LogP contribution in [0.15, 0.2) is 48.1 Å². The summed E-state index contributed by atoms with van der Waals surface area (Å²) in [6, 6.07) is 9.40. The third-order valence-electron chi connectivity index (χ3n) is 3.55. The zero-order valence-corrected chi connectivity index (χ0v) is 13.8. The standard InChI is InChI=1S/C16H11ClN5OS/c17-12-2-1-5-18-14(12)10-3-4-13-11(8-10)15(22-21-13)20-16-19-6-7-24(16)9-23/h1-9H,(H2,19,20,21,22)/q+1. The van der Waals surface area contributed by atoms with E-state index in [0.717, 1.165) is 22.1 Å². The highest BCUT2D eigenvalue weighted by Gasteiger charge is 2.17. The molecule has 6 nitrogen and oxygen atoms in total. The molecule has 3 heterocycles. The van der Waals surface area contributed by atoms with Crippen LogP contribution in [0.2, 0.25) is 5.02 Å². The Kier molecular flexibility index (Phi) is 3.72. The molecule has 0 bridgehead atoms. The largest absolute Gasteiger partial charge is 0.353 e. The maximum Gasteiger partial charge on any atom is 0.353 e. The first-order valence-corrected chi connectivity index (χ1v) is 8.77. The van der Waals surface area contributed by atoms with Crippen LogP contribution in [0.4, 0.5) is 10.9 Å². The van der Waals surface area contributed by atoms with Gasteiger partial charge in [0.2, 0.25) is 0 Å². The van der Waals surface area contributed by atoms with E-state index in [0.29, 0.717) is 21.7 Å². The molecule has 4 aromatic rings. The maximum atomic E-state index is 11.1. The van der Waals surface area contributed by atoms with Crippen LogP contribution in [0.1, 0.15) is 0 Å². The Hall–Kier alpha value is -2.77. The number of benzene rings is 1. The van der Waals surface area contributed by atoms with Gasteiger partial charge in [-0.05, 0) is 24.3 Å². The van der Waals surface area contributed by atoms with E-state index >= 15 is 0 Å². The molecule has 8 heteroatoms. The molecule has 0 aliphatic heterocycles. The lowest BCUT2D eigenvalue weighted by Crippen LogP contribution is -1.92. The van der Waals surface area contributed by atoms with Crippen LogP contribution in [0.25, 0.3) is 22.2 Å². The SMILES string of the molecule is O=C[s+]1ccnc1Nc1n[nH]c2ccc(-c3ncccc3Cl)cc12. The quantitative estimate of drug-likeness (QED) is 0.423. The number of thiazole rings is 1. The molecular formula is C16H11ClN5OS+. The Labute approximate surface area is 144 Å². The Balaban J connectivity index is 1.79. The van der Waals surface area contributed by atoms with Crippen molar-refractivity contribution in [3.8, 4) is 11.3 Å². The monoisotopic (exact) mass is 356 g/mol. The topological polar surface area (TPSA) is 83.6 Å². The first-order chi connectivity index (χ1) is 11.8. The Morgan fingerprint density at radius 2 is 2.12 bits per heavy atom. The minimum Gasteiger partial charge on any atom is -0.277 e. The maximum absolute atomic E-state index is 11.1. The van der Waals surface area contributed by atoms with E-state index < -0.39 is 10.5 Å². The number of hydrogen-bond donors (Lipinski definition) is 2. The lowest BCUT2D eigenvalue weighted by Gasteiger charge is -2.03. The Bertz CT molecular complexity index is 1040. The van der Waals surface area contributed by atoms with Crippen molar-refractivity contribution in [2.75, 3.05) is 5.32 Å². The van der Waals surface area contributed by atoms with Crippen LogP contribution in [0.3, 0.4) is 0 Å². The molecule has 0 saturated carbocycles. The molecule has 0 fully saturated rings. The molecule has 0 spiro atoms. The molecular weight excluding hydrogens is 346 g/mol. The van der Waals surface area contributed by atoms with Gasteiger partial charge < -0.3 is 0 Å². The second kappa shape index (κ2) is 6.03. The van der Waals surface area contributed by atoms with E-state index in [1.807, 2.05) is 18.2 Å². The zero-order valence-electron chi connectivity index (χ0n) is 12.2. The van der Waals surface area contributed by atoms with Crippen LogP contribution in [0.5, 0.6) is 0 Å². The summed E-state index contributed by atoms with van der Waals surface area (Å²) in [5.74, 6) is 0.612. The van der Waals surface area contributed by atoms with E-state index in [9.17, 15) is 4.79 Å². The third kappa shape index (κ3) is 2.53. The first-order valence-electron chi connectivity index (χ1n) is 7.04. The molecule has 0 saturated heterocycles. The molecule has 118 valence electrons. The van der Waals surface area contributed by atoms with Crippen LogP contribution >= 0.6 is 22.1 Å². The number of anilines is 2. The molecule has 1 atom stereocenters. The highest BCUT2D eigenvalue weighted by atomic mass is 35.5. The first kappa shape index (κ1) is 14.8. The summed E-state index contributed by atoms with van der Waals surface area (Å²) >= 11 is 6.23. The fourth-order valence-electron chi connectivity index (χ4n) is 2.41. The molecule has 0 aliphatic carbocycles. The van der Waals surface area contributed by atoms with Gasteiger partial charge in [-0.25, -0.2) is 4.79 Å². The fraction of sp³-hybridized carbons (Fsp3) is 0. The van der Waals surface area contributed by atoms with Gasteiger partial charge in [0.05, 0.1) is 32.9 Å². The number of aromatic nitrogens is 4. The number of rotatable bonds is 4. The summed E-state index contributed by atoms with van der Waals surface area (Å²) in [5.41, 5.74) is 3.33. The lowest BCUT2D eigenvalue weighted by atomic mass is 10.1.